The number of hydrogen-bond donors (Lipinski definition) is 1. The molecule has 1 unspecified atom stereocenters. The number of aromatic nitrogens is 2. The van der Waals surface area contributed by atoms with Crippen LogP contribution in [-0.2, 0) is 17.9 Å². The highest BCUT2D eigenvalue weighted by Crippen LogP contribution is 2.36. The number of hydrogen-bond acceptors (Lipinski definition) is 4. The molecule has 7 heteroatoms. The molecule has 4 aromatic rings. The highest BCUT2D eigenvalue weighted by atomic mass is 16.3. The molecule has 178 valence electrons. The van der Waals surface area contributed by atoms with Gasteiger partial charge in [0.1, 0.15) is 16.9 Å². The zero-order valence-electron chi connectivity index (χ0n) is 20.3. The molecule has 0 saturated carbocycles. The Morgan fingerprint density at radius 3 is 2.57 bits per heavy atom. The van der Waals surface area contributed by atoms with Gasteiger partial charge in [-0.25, -0.2) is 0 Å². The first-order valence-electron chi connectivity index (χ1n) is 11.6. The number of benzene rings is 2. The summed E-state index contributed by atoms with van der Waals surface area (Å²) in [5.74, 6) is 0.0558. The van der Waals surface area contributed by atoms with Crippen LogP contribution < -0.4 is 10.2 Å². The molecule has 2 aromatic heterocycles. The van der Waals surface area contributed by atoms with Gasteiger partial charge in [0.25, 0.3) is 5.91 Å². The third-order valence-electron chi connectivity index (χ3n) is 6.71. The molecule has 7 nitrogen and oxygen atoms in total. The fraction of sp³-hybridized carbons (Fsp3) is 0.250. The van der Waals surface area contributed by atoms with Crippen LogP contribution in [0.2, 0.25) is 0 Å². The Labute approximate surface area is 204 Å². The maximum atomic E-state index is 13.9. The number of nitrogens with one attached hydrogen (secondary N) is 1. The van der Waals surface area contributed by atoms with Crippen LogP contribution in [0.3, 0.4) is 0 Å². The first kappa shape index (κ1) is 22.7. The van der Waals surface area contributed by atoms with Gasteiger partial charge in [-0.05, 0) is 62.6 Å². The van der Waals surface area contributed by atoms with Crippen LogP contribution in [0.25, 0.3) is 11.5 Å². The lowest BCUT2D eigenvalue weighted by atomic mass is 9.92. The third kappa shape index (κ3) is 3.93. The van der Waals surface area contributed by atoms with Crippen LogP contribution in [0.15, 0.2) is 71.3 Å². The first-order chi connectivity index (χ1) is 16.8. The standard InChI is InChI=1S/C28H28N4O3/c1-18-11-12-23(20(3)14-18)32-26(33)24-15-22(25-10-7-13-35-25)30-31(24)17-28(32,4)27(34)29-16-21-9-6-5-8-19(21)2/h5-15H,16-17H2,1-4H3,(H,29,34). The summed E-state index contributed by atoms with van der Waals surface area (Å²) in [5, 5.41) is 7.69. The molecule has 1 atom stereocenters. The minimum Gasteiger partial charge on any atom is -0.463 e. The van der Waals surface area contributed by atoms with Gasteiger partial charge < -0.3 is 9.73 Å². The lowest BCUT2D eigenvalue weighted by Gasteiger charge is -2.43. The van der Waals surface area contributed by atoms with Gasteiger partial charge >= 0.3 is 0 Å². The van der Waals surface area contributed by atoms with Crippen molar-refractivity contribution >= 4 is 17.5 Å². The van der Waals surface area contributed by atoms with Crippen molar-refractivity contribution in [3.05, 3.63) is 94.9 Å². The van der Waals surface area contributed by atoms with E-state index in [1.54, 1.807) is 41.0 Å². The van der Waals surface area contributed by atoms with Crippen molar-refractivity contribution in [1.29, 1.82) is 0 Å². The number of anilines is 1. The van der Waals surface area contributed by atoms with E-state index in [0.29, 0.717) is 29.4 Å². The molecule has 35 heavy (non-hydrogen) atoms. The van der Waals surface area contributed by atoms with Crippen molar-refractivity contribution in [3.8, 4) is 11.5 Å². The molecule has 2 aromatic carbocycles. The number of furan rings is 1. The minimum atomic E-state index is -1.20. The Hall–Kier alpha value is -4.13. The number of amides is 2. The average Bonchev–Trinajstić information content (AvgIpc) is 3.50. The fourth-order valence-electron chi connectivity index (χ4n) is 4.73. The van der Waals surface area contributed by atoms with E-state index in [-0.39, 0.29) is 18.4 Å². The average molecular weight is 469 g/mol. The van der Waals surface area contributed by atoms with E-state index in [2.05, 4.69) is 10.4 Å². The van der Waals surface area contributed by atoms with E-state index in [1.165, 1.54) is 0 Å². The topological polar surface area (TPSA) is 80.4 Å². The SMILES string of the molecule is Cc1ccc(N2C(=O)c3cc(-c4ccco4)nn3CC2(C)C(=O)NCc2ccccc2C)c(C)c1. The van der Waals surface area contributed by atoms with Gasteiger partial charge in [-0.15, -0.1) is 0 Å². The third-order valence-corrected chi connectivity index (χ3v) is 6.71. The van der Waals surface area contributed by atoms with Crippen molar-refractivity contribution in [3.63, 3.8) is 0 Å². The maximum Gasteiger partial charge on any atom is 0.277 e. The van der Waals surface area contributed by atoms with Crippen molar-refractivity contribution in [2.75, 3.05) is 4.90 Å². The Bertz CT molecular complexity index is 1420. The second-order valence-corrected chi connectivity index (χ2v) is 9.36. The predicted octanol–water partition coefficient (Wildman–Crippen LogP) is 4.80. The molecule has 0 radical (unpaired) electrons. The van der Waals surface area contributed by atoms with Gasteiger partial charge in [-0.1, -0.05) is 42.0 Å². The Morgan fingerprint density at radius 1 is 1.06 bits per heavy atom. The highest BCUT2D eigenvalue weighted by Gasteiger charge is 2.49. The van der Waals surface area contributed by atoms with E-state index >= 15 is 0 Å². The number of carbonyl (C=O) groups is 2. The molecular weight excluding hydrogens is 440 g/mol. The molecule has 1 aliphatic rings. The van der Waals surface area contributed by atoms with Crippen molar-refractivity contribution < 1.29 is 14.0 Å². The van der Waals surface area contributed by atoms with E-state index in [1.807, 2.05) is 63.2 Å². The van der Waals surface area contributed by atoms with Crippen LogP contribution in [0, 0.1) is 20.8 Å². The summed E-state index contributed by atoms with van der Waals surface area (Å²) >= 11 is 0. The minimum absolute atomic E-state index is 0.210. The van der Waals surface area contributed by atoms with Crippen molar-refractivity contribution in [2.24, 2.45) is 0 Å². The summed E-state index contributed by atoms with van der Waals surface area (Å²) < 4.78 is 7.11. The van der Waals surface area contributed by atoms with Crippen LogP contribution in [0.4, 0.5) is 5.69 Å². The molecule has 1 N–H and O–H groups in total. The molecule has 1 aliphatic heterocycles. The van der Waals surface area contributed by atoms with E-state index in [9.17, 15) is 9.59 Å². The Kier molecular flexibility index (Phi) is 5.55. The zero-order valence-corrected chi connectivity index (χ0v) is 20.3. The van der Waals surface area contributed by atoms with Gasteiger partial charge in [0.05, 0.1) is 12.8 Å². The lowest BCUT2D eigenvalue weighted by Crippen LogP contribution is -2.64. The van der Waals surface area contributed by atoms with Crippen molar-refractivity contribution in [1.82, 2.24) is 15.1 Å². The number of fused-ring (bicyclic) bond motifs is 1. The summed E-state index contributed by atoms with van der Waals surface area (Å²) in [6.07, 6.45) is 1.57. The summed E-state index contributed by atoms with van der Waals surface area (Å²) in [6, 6.07) is 19.1. The summed E-state index contributed by atoms with van der Waals surface area (Å²) in [6.45, 7) is 8.37. The molecule has 0 spiro atoms. The van der Waals surface area contributed by atoms with Crippen LogP contribution >= 0.6 is 0 Å². The maximum absolute atomic E-state index is 13.9. The monoisotopic (exact) mass is 468 g/mol. The second-order valence-electron chi connectivity index (χ2n) is 9.36. The van der Waals surface area contributed by atoms with Crippen LogP contribution in [0.5, 0.6) is 0 Å². The van der Waals surface area contributed by atoms with E-state index in [0.717, 1.165) is 22.3 Å². The normalized spacial score (nSPS) is 17.4. The number of aryl methyl sites for hydroxylation is 3. The van der Waals surface area contributed by atoms with Gasteiger partial charge in [0.15, 0.2) is 5.76 Å². The van der Waals surface area contributed by atoms with Gasteiger partial charge in [-0.3, -0.25) is 19.2 Å². The molecule has 2 amide bonds. The van der Waals surface area contributed by atoms with Crippen molar-refractivity contribution in [2.45, 2.75) is 46.3 Å². The Morgan fingerprint density at radius 2 is 1.86 bits per heavy atom. The quantitative estimate of drug-likeness (QED) is 0.456. The summed E-state index contributed by atoms with van der Waals surface area (Å²) in [4.78, 5) is 29.4. The molecule has 0 aliphatic carbocycles. The number of nitrogens with zero attached hydrogens (tertiary/aromatic N) is 3. The number of carbonyl (C=O) groups excluding carboxylic acids is 2. The Balaban J connectivity index is 1.57. The summed E-state index contributed by atoms with van der Waals surface area (Å²) in [5.41, 5.74) is 4.64. The summed E-state index contributed by atoms with van der Waals surface area (Å²) in [7, 11) is 0. The zero-order chi connectivity index (χ0) is 24.7. The molecule has 0 fully saturated rings. The van der Waals surface area contributed by atoms with Gasteiger partial charge in [0, 0.05) is 18.3 Å². The lowest BCUT2D eigenvalue weighted by molar-refractivity contribution is -0.126. The highest BCUT2D eigenvalue weighted by molar-refractivity contribution is 6.12. The predicted molar refractivity (Wildman–Crippen MR) is 134 cm³/mol. The smallest absolute Gasteiger partial charge is 0.277 e. The first-order valence-corrected chi connectivity index (χ1v) is 11.6. The fourth-order valence-corrected chi connectivity index (χ4v) is 4.73. The largest absolute Gasteiger partial charge is 0.463 e. The molecule has 5 rings (SSSR count). The van der Waals surface area contributed by atoms with Gasteiger partial charge in [-0.2, -0.15) is 5.10 Å². The molecule has 3 heterocycles. The van der Waals surface area contributed by atoms with Crippen LogP contribution in [0.1, 0.15) is 39.7 Å². The van der Waals surface area contributed by atoms with Gasteiger partial charge in [0.2, 0.25) is 5.91 Å². The van der Waals surface area contributed by atoms with Crippen LogP contribution in [-0.4, -0.2) is 27.1 Å². The van der Waals surface area contributed by atoms with E-state index in [4.69, 9.17) is 4.42 Å². The van der Waals surface area contributed by atoms with E-state index < -0.39 is 5.54 Å². The molecule has 0 bridgehead atoms. The molecular formula is C28H28N4O3. The second kappa shape index (κ2) is 8.58. The number of rotatable bonds is 5. The molecule has 0 saturated heterocycles.